The monoisotopic (exact) mass is 205 g/mol. The molecule has 2 rings (SSSR count). The zero-order valence-corrected chi connectivity index (χ0v) is 8.70. The van der Waals surface area contributed by atoms with E-state index in [0.717, 1.165) is 22.4 Å². The maximum Gasteiger partial charge on any atom is 0.124 e. The van der Waals surface area contributed by atoms with Crippen molar-refractivity contribution in [3.05, 3.63) is 29.6 Å². The minimum Gasteiger partial charge on any atom is -0.396 e. The van der Waals surface area contributed by atoms with Gasteiger partial charge >= 0.3 is 0 Å². The first kappa shape index (κ1) is 10.1. The fourth-order valence-corrected chi connectivity index (χ4v) is 1.65. The standard InChI is InChI=1S/C11H15N3O/c1-7-3-2-4-9-10(7)14-11(13-9)8(12)5-6-15/h2-4,8,15H,5-6,12H2,1H3,(H,13,14). The first-order valence-electron chi connectivity index (χ1n) is 5.04. The van der Waals surface area contributed by atoms with Gasteiger partial charge in [0.15, 0.2) is 0 Å². The summed E-state index contributed by atoms with van der Waals surface area (Å²) in [5.41, 5.74) is 8.95. The highest BCUT2D eigenvalue weighted by Crippen LogP contribution is 2.19. The smallest absolute Gasteiger partial charge is 0.124 e. The number of nitrogens with one attached hydrogen (secondary N) is 1. The molecule has 1 atom stereocenters. The average molecular weight is 205 g/mol. The van der Waals surface area contributed by atoms with Crippen LogP contribution in [0.25, 0.3) is 11.0 Å². The number of nitrogens with zero attached hydrogens (tertiary/aromatic N) is 1. The van der Waals surface area contributed by atoms with Gasteiger partial charge in [0.05, 0.1) is 17.1 Å². The van der Waals surface area contributed by atoms with Crippen molar-refractivity contribution in [3.63, 3.8) is 0 Å². The fraction of sp³-hybridized carbons (Fsp3) is 0.364. The quantitative estimate of drug-likeness (QED) is 0.706. The average Bonchev–Trinajstić information content (AvgIpc) is 2.63. The summed E-state index contributed by atoms with van der Waals surface area (Å²) in [5.74, 6) is 0.744. The minimum absolute atomic E-state index is 0.0805. The number of imidazole rings is 1. The number of aliphatic hydroxyl groups excluding tert-OH is 1. The molecule has 0 amide bonds. The first-order chi connectivity index (χ1) is 7.22. The topological polar surface area (TPSA) is 74.9 Å². The molecule has 0 aliphatic carbocycles. The number of aromatic nitrogens is 2. The second-order valence-electron chi connectivity index (χ2n) is 3.71. The Labute approximate surface area is 88.1 Å². The fourth-order valence-electron chi connectivity index (χ4n) is 1.65. The second-order valence-corrected chi connectivity index (χ2v) is 3.71. The molecule has 4 N–H and O–H groups in total. The number of rotatable bonds is 3. The first-order valence-corrected chi connectivity index (χ1v) is 5.04. The lowest BCUT2D eigenvalue weighted by Crippen LogP contribution is -2.13. The van der Waals surface area contributed by atoms with Crippen molar-refractivity contribution in [2.45, 2.75) is 19.4 Å². The molecule has 15 heavy (non-hydrogen) atoms. The van der Waals surface area contributed by atoms with Crippen molar-refractivity contribution >= 4 is 11.0 Å². The van der Waals surface area contributed by atoms with Crippen LogP contribution in [-0.2, 0) is 0 Å². The number of fused-ring (bicyclic) bond motifs is 1. The van der Waals surface area contributed by atoms with Crippen LogP contribution in [0.5, 0.6) is 0 Å². The Kier molecular flexibility index (Phi) is 2.70. The second kappa shape index (κ2) is 4.00. The van der Waals surface area contributed by atoms with Crippen LogP contribution < -0.4 is 5.73 Å². The molecule has 0 saturated heterocycles. The maximum absolute atomic E-state index is 8.81. The number of aliphatic hydroxyl groups is 1. The van der Waals surface area contributed by atoms with Crippen molar-refractivity contribution < 1.29 is 5.11 Å². The van der Waals surface area contributed by atoms with Gasteiger partial charge in [0.25, 0.3) is 0 Å². The number of H-pyrrole nitrogens is 1. The van der Waals surface area contributed by atoms with E-state index in [-0.39, 0.29) is 12.6 Å². The van der Waals surface area contributed by atoms with E-state index < -0.39 is 0 Å². The maximum atomic E-state index is 8.81. The van der Waals surface area contributed by atoms with Crippen LogP contribution in [-0.4, -0.2) is 21.7 Å². The van der Waals surface area contributed by atoms with E-state index in [9.17, 15) is 0 Å². The summed E-state index contributed by atoms with van der Waals surface area (Å²) in [6.07, 6.45) is 0.527. The highest BCUT2D eigenvalue weighted by molar-refractivity contribution is 5.78. The molecule has 80 valence electrons. The summed E-state index contributed by atoms with van der Waals surface area (Å²) in [7, 11) is 0. The molecule has 4 heteroatoms. The van der Waals surface area contributed by atoms with E-state index in [4.69, 9.17) is 10.8 Å². The molecular formula is C11H15N3O. The molecular weight excluding hydrogens is 190 g/mol. The van der Waals surface area contributed by atoms with Gasteiger partial charge in [-0.1, -0.05) is 12.1 Å². The number of benzene rings is 1. The van der Waals surface area contributed by atoms with Crippen molar-refractivity contribution in [1.82, 2.24) is 9.97 Å². The van der Waals surface area contributed by atoms with E-state index in [1.807, 2.05) is 25.1 Å². The van der Waals surface area contributed by atoms with Gasteiger partial charge in [0.2, 0.25) is 0 Å². The molecule has 2 aromatic rings. The lowest BCUT2D eigenvalue weighted by molar-refractivity contribution is 0.275. The van der Waals surface area contributed by atoms with Crippen LogP contribution in [0, 0.1) is 6.92 Å². The van der Waals surface area contributed by atoms with Crippen LogP contribution >= 0.6 is 0 Å². The van der Waals surface area contributed by atoms with Gasteiger partial charge in [-0.2, -0.15) is 0 Å². The molecule has 1 aromatic carbocycles. The summed E-state index contributed by atoms with van der Waals surface area (Å²) < 4.78 is 0. The molecule has 0 bridgehead atoms. The van der Waals surface area contributed by atoms with Gasteiger partial charge in [-0.05, 0) is 25.0 Å². The van der Waals surface area contributed by atoms with Crippen LogP contribution in [0.3, 0.4) is 0 Å². The molecule has 1 unspecified atom stereocenters. The van der Waals surface area contributed by atoms with Crippen molar-refractivity contribution in [2.24, 2.45) is 5.73 Å². The van der Waals surface area contributed by atoms with E-state index in [1.54, 1.807) is 0 Å². The molecule has 0 aliphatic rings. The zero-order chi connectivity index (χ0) is 10.8. The molecule has 1 heterocycles. The predicted molar refractivity (Wildman–Crippen MR) is 59.5 cm³/mol. The van der Waals surface area contributed by atoms with E-state index in [1.165, 1.54) is 0 Å². The lowest BCUT2D eigenvalue weighted by atomic mass is 10.2. The van der Waals surface area contributed by atoms with Gasteiger partial charge in [-0.25, -0.2) is 4.98 Å². The molecule has 0 spiro atoms. The van der Waals surface area contributed by atoms with E-state index in [0.29, 0.717) is 6.42 Å². The molecule has 0 saturated carbocycles. The summed E-state index contributed by atoms with van der Waals surface area (Å²) >= 11 is 0. The summed E-state index contributed by atoms with van der Waals surface area (Å²) in [5, 5.41) is 8.81. The predicted octanol–water partition coefficient (Wildman–Crippen LogP) is 1.25. The third-order valence-electron chi connectivity index (χ3n) is 2.52. The van der Waals surface area contributed by atoms with Crippen LogP contribution in [0.15, 0.2) is 18.2 Å². The highest BCUT2D eigenvalue weighted by atomic mass is 16.3. The van der Waals surface area contributed by atoms with Gasteiger partial charge in [-0.15, -0.1) is 0 Å². The van der Waals surface area contributed by atoms with Gasteiger partial charge < -0.3 is 15.8 Å². The van der Waals surface area contributed by atoms with Crippen LogP contribution in [0.1, 0.15) is 23.9 Å². The van der Waals surface area contributed by atoms with Gasteiger partial charge in [-0.3, -0.25) is 0 Å². The molecule has 0 radical (unpaired) electrons. The number of para-hydroxylation sites is 1. The van der Waals surface area contributed by atoms with Crippen molar-refractivity contribution in [3.8, 4) is 0 Å². The Morgan fingerprint density at radius 1 is 1.53 bits per heavy atom. The third kappa shape index (κ3) is 1.86. The number of hydrogen-bond acceptors (Lipinski definition) is 3. The zero-order valence-electron chi connectivity index (χ0n) is 8.70. The minimum atomic E-state index is -0.221. The van der Waals surface area contributed by atoms with Crippen molar-refractivity contribution in [1.29, 1.82) is 0 Å². The SMILES string of the molecule is Cc1cccc2[nH]c(C(N)CCO)nc12. The molecule has 0 aliphatic heterocycles. The Morgan fingerprint density at radius 2 is 2.33 bits per heavy atom. The normalized spacial score (nSPS) is 13.3. The summed E-state index contributed by atoms with van der Waals surface area (Å²) in [4.78, 5) is 7.61. The van der Waals surface area contributed by atoms with Crippen molar-refractivity contribution in [2.75, 3.05) is 6.61 Å². The van der Waals surface area contributed by atoms with Crippen LogP contribution in [0.4, 0.5) is 0 Å². The molecule has 4 nitrogen and oxygen atoms in total. The van der Waals surface area contributed by atoms with Gasteiger partial charge in [0, 0.05) is 6.61 Å². The summed E-state index contributed by atoms with van der Waals surface area (Å²) in [6, 6.07) is 5.76. The van der Waals surface area contributed by atoms with Crippen LogP contribution in [0.2, 0.25) is 0 Å². The Balaban J connectivity index is 2.43. The Bertz CT molecular complexity index is 464. The van der Waals surface area contributed by atoms with E-state index in [2.05, 4.69) is 9.97 Å². The largest absolute Gasteiger partial charge is 0.396 e. The van der Waals surface area contributed by atoms with Gasteiger partial charge in [0.1, 0.15) is 5.82 Å². The Hall–Kier alpha value is -1.39. The number of aryl methyl sites for hydroxylation is 1. The third-order valence-corrected chi connectivity index (χ3v) is 2.52. The number of hydrogen-bond donors (Lipinski definition) is 3. The number of aromatic amines is 1. The molecule has 0 fully saturated rings. The lowest BCUT2D eigenvalue weighted by Gasteiger charge is -2.04. The number of nitrogens with two attached hydrogens (primary N) is 1. The Morgan fingerprint density at radius 3 is 3.00 bits per heavy atom. The highest BCUT2D eigenvalue weighted by Gasteiger charge is 2.11. The molecule has 1 aromatic heterocycles. The van der Waals surface area contributed by atoms with E-state index >= 15 is 0 Å². The summed E-state index contributed by atoms with van der Waals surface area (Å²) in [6.45, 7) is 2.10.